The fraction of sp³-hybridized carbons (Fsp3) is 0.375. The number of likely N-dealkylation sites (tertiary alicyclic amines) is 1. The number of fused-ring (bicyclic) bond motifs is 2. The van der Waals surface area contributed by atoms with Crippen molar-refractivity contribution in [3.8, 4) is 11.6 Å². The van der Waals surface area contributed by atoms with Crippen molar-refractivity contribution in [2.24, 2.45) is 0 Å². The Kier molecular flexibility index (Phi) is 5.24. The zero-order valence-corrected chi connectivity index (χ0v) is 18.8. The lowest BCUT2D eigenvalue weighted by molar-refractivity contribution is 0.215. The second-order valence-corrected chi connectivity index (χ2v) is 9.46. The number of rotatable bonds is 4. The molecule has 6 nitrogen and oxygen atoms in total. The molecule has 1 aromatic carbocycles. The van der Waals surface area contributed by atoms with E-state index in [2.05, 4.69) is 18.7 Å². The van der Waals surface area contributed by atoms with E-state index in [1.165, 1.54) is 30.2 Å². The van der Waals surface area contributed by atoms with Gasteiger partial charge in [-0.15, -0.1) is 11.3 Å². The molecular weight excluding hydrogens is 410 g/mol. The van der Waals surface area contributed by atoms with Crippen molar-refractivity contribution in [3.63, 3.8) is 0 Å². The maximum absolute atomic E-state index is 11.8. The van der Waals surface area contributed by atoms with Crippen LogP contribution in [0.2, 0.25) is 0 Å². The van der Waals surface area contributed by atoms with Gasteiger partial charge in [0.1, 0.15) is 22.0 Å². The van der Waals surface area contributed by atoms with Gasteiger partial charge in [0.05, 0.1) is 11.9 Å². The molecule has 31 heavy (non-hydrogen) atoms. The minimum atomic E-state index is -0.361. The van der Waals surface area contributed by atoms with Gasteiger partial charge in [0.15, 0.2) is 0 Å². The van der Waals surface area contributed by atoms with Crippen LogP contribution in [0.5, 0.6) is 11.6 Å². The topological polar surface area (TPSA) is 68.5 Å². The van der Waals surface area contributed by atoms with E-state index in [4.69, 9.17) is 19.1 Å². The Bertz CT molecular complexity index is 1340. The Hall–Kier alpha value is -2.77. The average molecular weight is 436 g/mol. The SMILES string of the molecule is Cc1sc2nc(CN3CCCCC3)nc(Oc3ccc4c(C)cc(=O)oc4c3)c2c1C. The maximum Gasteiger partial charge on any atom is 0.336 e. The van der Waals surface area contributed by atoms with E-state index in [-0.39, 0.29) is 5.63 Å². The van der Waals surface area contributed by atoms with E-state index < -0.39 is 0 Å². The van der Waals surface area contributed by atoms with Crippen molar-refractivity contribution in [2.45, 2.75) is 46.6 Å². The van der Waals surface area contributed by atoms with Gasteiger partial charge in [-0.3, -0.25) is 4.90 Å². The number of thiophene rings is 1. The molecule has 0 N–H and O–H groups in total. The smallest absolute Gasteiger partial charge is 0.336 e. The van der Waals surface area contributed by atoms with Crippen LogP contribution in [0, 0.1) is 20.8 Å². The lowest BCUT2D eigenvalue weighted by Gasteiger charge is -2.25. The van der Waals surface area contributed by atoms with E-state index >= 15 is 0 Å². The third kappa shape index (κ3) is 3.95. The Morgan fingerprint density at radius 1 is 1.10 bits per heavy atom. The molecule has 4 heterocycles. The Morgan fingerprint density at radius 2 is 1.90 bits per heavy atom. The molecule has 0 aliphatic carbocycles. The molecule has 5 rings (SSSR count). The second-order valence-electron chi connectivity index (χ2n) is 8.25. The zero-order valence-electron chi connectivity index (χ0n) is 18.0. The summed E-state index contributed by atoms with van der Waals surface area (Å²) in [7, 11) is 0. The molecule has 0 bridgehead atoms. The van der Waals surface area contributed by atoms with Gasteiger partial charge in [0, 0.05) is 22.4 Å². The maximum atomic E-state index is 11.8. The number of piperidine rings is 1. The molecule has 7 heteroatoms. The van der Waals surface area contributed by atoms with Gasteiger partial charge in [-0.2, -0.15) is 4.98 Å². The van der Waals surface area contributed by atoms with Crippen molar-refractivity contribution in [1.29, 1.82) is 0 Å². The predicted octanol–water partition coefficient (Wildman–Crippen LogP) is 5.50. The summed E-state index contributed by atoms with van der Waals surface area (Å²) in [5, 5.41) is 1.85. The predicted molar refractivity (Wildman–Crippen MR) is 123 cm³/mol. The first-order valence-corrected chi connectivity index (χ1v) is 11.5. The Labute approximate surface area is 184 Å². The van der Waals surface area contributed by atoms with Crippen molar-refractivity contribution in [3.05, 3.63) is 56.5 Å². The Morgan fingerprint density at radius 3 is 2.71 bits per heavy atom. The number of ether oxygens (including phenoxy) is 1. The van der Waals surface area contributed by atoms with Gasteiger partial charge in [-0.05, 0) is 70.0 Å². The van der Waals surface area contributed by atoms with Crippen LogP contribution in [-0.4, -0.2) is 28.0 Å². The average Bonchev–Trinajstić information content (AvgIpc) is 3.02. The molecule has 1 fully saturated rings. The zero-order chi connectivity index (χ0) is 21.5. The molecule has 160 valence electrons. The molecule has 0 radical (unpaired) electrons. The molecule has 1 aliphatic heterocycles. The highest BCUT2D eigenvalue weighted by Gasteiger charge is 2.19. The number of hydrogen-bond donors (Lipinski definition) is 0. The molecule has 0 unspecified atom stereocenters. The summed E-state index contributed by atoms with van der Waals surface area (Å²) in [5.74, 6) is 1.94. The summed E-state index contributed by atoms with van der Waals surface area (Å²) in [5.41, 5.74) is 2.18. The minimum absolute atomic E-state index is 0.361. The summed E-state index contributed by atoms with van der Waals surface area (Å²) < 4.78 is 11.7. The molecule has 4 aromatic rings. The first-order chi connectivity index (χ1) is 15.0. The van der Waals surface area contributed by atoms with Gasteiger partial charge in [-0.25, -0.2) is 9.78 Å². The molecular formula is C24H25N3O3S. The van der Waals surface area contributed by atoms with E-state index in [0.717, 1.165) is 52.2 Å². The van der Waals surface area contributed by atoms with Crippen LogP contribution in [0.4, 0.5) is 0 Å². The van der Waals surface area contributed by atoms with E-state index in [9.17, 15) is 4.79 Å². The van der Waals surface area contributed by atoms with Crippen molar-refractivity contribution >= 4 is 32.5 Å². The number of aryl methyl sites for hydroxylation is 3. The minimum Gasteiger partial charge on any atom is -0.438 e. The fourth-order valence-electron chi connectivity index (χ4n) is 4.20. The molecule has 0 atom stereocenters. The van der Waals surface area contributed by atoms with E-state index in [0.29, 0.717) is 17.2 Å². The largest absolute Gasteiger partial charge is 0.438 e. The van der Waals surface area contributed by atoms with E-state index in [1.54, 1.807) is 17.4 Å². The summed E-state index contributed by atoms with van der Waals surface area (Å²) >= 11 is 1.68. The lowest BCUT2D eigenvalue weighted by Crippen LogP contribution is -2.29. The lowest BCUT2D eigenvalue weighted by atomic mass is 10.1. The monoisotopic (exact) mass is 435 g/mol. The molecule has 1 aliphatic rings. The second kappa shape index (κ2) is 8.05. The first-order valence-electron chi connectivity index (χ1n) is 10.7. The molecule has 1 saturated heterocycles. The number of aromatic nitrogens is 2. The highest BCUT2D eigenvalue weighted by Crippen LogP contribution is 2.37. The molecule has 0 saturated carbocycles. The molecule has 0 spiro atoms. The summed E-state index contributed by atoms with van der Waals surface area (Å²) in [6.07, 6.45) is 3.75. The Balaban J connectivity index is 1.56. The first kappa shape index (κ1) is 20.2. The van der Waals surface area contributed by atoms with Crippen LogP contribution in [0.3, 0.4) is 0 Å². The van der Waals surface area contributed by atoms with Crippen LogP contribution in [0.1, 0.15) is 41.1 Å². The van der Waals surface area contributed by atoms with Crippen LogP contribution >= 0.6 is 11.3 Å². The molecule has 3 aromatic heterocycles. The number of nitrogens with zero attached hydrogens (tertiary/aromatic N) is 3. The number of benzene rings is 1. The third-order valence-corrected chi connectivity index (χ3v) is 7.09. The summed E-state index contributed by atoms with van der Waals surface area (Å²) in [6, 6.07) is 7.07. The van der Waals surface area contributed by atoms with Gasteiger partial charge < -0.3 is 9.15 Å². The molecule has 0 amide bonds. The van der Waals surface area contributed by atoms with Gasteiger partial charge >= 0.3 is 5.63 Å². The van der Waals surface area contributed by atoms with Crippen LogP contribution < -0.4 is 10.4 Å². The van der Waals surface area contributed by atoms with Crippen LogP contribution in [-0.2, 0) is 6.54 Å². The van der Waals surface area contributed by atoms with Crippen molar-refractivity contribution < 1.29 is 9.15 Å². The van der Waals surface area contributed by atoms with Crippen molar-refractivity contribution in [2.75, 3.05) is 13.1 Å². The van der Waals surface area contributed by atoms with Gasteiger partial charge in [-0.1, -0.05) is 6.42 Å². The van der Waals surface area contributed by atoms with Gasteiger partial charge in [0.25, 0.3) is 0 Å². The highest BCUT2D eigenvalue weighted by molar-refractivity contribution is 7.18. The quantitative estimate of drug-likeness (QED) is 0.394. The summed E-state index contributed by atoms with van der Waals surface area (Å²) in [4.78, 5) is 26.0. The fourth-order valence-corrected chi connectivity index (χ4v) is 5.24. The van der Waals surface area contributed by atoms with E-state index in [1.807, 2.05) is 19.1 Å². The van der Waals surface area contributed by atoms with Crippen LogP contribution in [0.25, 0.3) is 21.2 Å². The number of hydrogen-bond acceptors (Lipinski definition) is 7. The normalized spacial score (nSPS) is 15.1. The highest BCUT2D eigenvalue weighted by atomic mass is 32.1. The van der Waals surface area contributed by atoms with Crippen molar-refractivity contribution in [1.82, 2.24) is 14.9 Å². The third-order valence-electron chi connectivity index (χ3n) is 5.99. The van der Waals surface area contributed by atoms with Gasteiger partial charge in [0.2, 0.25) is 5.88 Å². The summed E-state index contributed by atoms with van der Waals surface area (Å²) in [6.45, 7) is 8.99. The standard InChI is InChI=1S/C24H25N3O3S/c1-14-11-21(28)30-19-12-17(7-8-18(14)19)29-23-22-15(2)16(3)31-24(22)26-20(25-23)13-27-9-5-4-6-10-27/h7-8,11-12H,4-6,9-10,13H2,1-3H3. The van der Waals surface area contributed by atoms with Crippen LogP contribution in [0.15, 0.2) is 33.5 Å².